The lowest BCUT2D eigenvalue weighted by Crippen LogP contribution is -2.11. The maximum Gasteiger partial charge on any atom is 0.343 e. The van der Waals surface area contributed by atoms with E-state index in [1.165, 1.54) is 12.5 Å². The number of hydrogen-bond acceptors (Lipinski definition) is 5. The van der Waals surface area contributed by atoms with Gasteiger partial charge in [0.2, 0.25) is 0 Å². The number of nitrogens with zero attached hydrogens (tertiary/aromatic N) is 5. The Hall–Kier alpha value is -2.96. The van der Waals surface area contributed by atoms with E-state index >= 15 is 0 Å². The molecule has 7 heteroatoms. The quantitative estimate of drug-likeness (QED) is 0.687. The van der Waals surface area contributed by atoms with Gasteiger partial charge in [-0.15, -0.1) is 0 Å². The first-order chi connectivity index (χ1) is 10.7. The van der Waals surface area contributed by atoms with Crippen LogP contribution in [0.2, 0.25) is 0 Å². The molecular formula is C15H15N5O2. The molecule has 0 aliphatic carbocycles. The molecule has 3 aromatic heterocycles. The normalized spacial score (nSPS) is 10.6. The fourth-order valence-corrected chi connectivity index (χ4v) is 2.30. The number of esters is 1. The molecule has 0 unspecified atom stereocenters. The Morgan fingerprint density at radius 3 is 2.77 bits per heavy atom. The Balaban J connectivity index is 2.12. The molecule has 0 aliphatic heterocycles. The highest BCUT2D eigenvalue weighted by atomic mass is 16.5. The zero-order valence-electron chi connectivity index (χ0n) is 12.3. The van der Waals surface area contributed by atoms with Crippen LogP contribution in [-0.4, -0.2) is 36.9 Å². The highest BCUT2D eigenvalue weighted by Crippen LogP contribution is 2.24. The second-order valence-corrected chi connectivity index (χ2v) is 4.62. The average Bonchev–Trinajstić information content (AvgIpc) is 3.14. The van der Waals surface area contributed by atoms with Crippen LogP contribution >= 0.6 is 0 Å². The first-order valence-electron chi connectivity index (χ1n) is 6.84. The molecule has 0 aromatic carbocycles. The Morgan fingerprint density at radius 1 is 1.27 bits per heavy atom. The minimum absolute atomic E-state index is 0.318. The van der Waals surface area contributed by atoms with Gasteiger partial charge in [-0.25, -0.2) is 14.8 Å². The number of aryl methyl sites for hydroxylation is 1. The third kappa shape index (κ3) is 2.37. The van der Waals surface area contributed by atoms with Gasteiger partial charge in [-0.05, 0) is 19.1 Å². The van der Waals surface area contributed by atoms with Crippen molar-refractivity contribution in [2.45, 2.75) is 6.92 Å². The van der Waals surface area contributed by atoms with Crippen molar-refractivity contribution < 1.29 is 9.53 Å². The van der Waals surface area contributed by atoms with Gasteiger partial charge in [0.1, 0.15) is 17.7 Å². The van der Waals surface area contributed by atoms with Crippen molar-refractivity contribution >= 4 is 5.97 Å². The average molecular weight is 297 g/mol. The molecule has 3 aromatic rings. The third-order valence-corrected chi connectivity index (χ3v) is 3.24. The summed E-state index contributed by atoms with van der Waals surface area (Å²) in [4.78, 5) is 20.2. The zero-order chi connectivity index (χ0) is 15.5. The Labute approximate surface area is 127 Å². The lowest BCUT2D eigenvalue weighted by Gasteiger charge is -2.11. The molecule has 0 aliphatic rings. The van der Waals surface area contributed by atoms with E-state index in [0.29, 0.717) is 18.0 Å². The van der Waals surface area contributed by atoms with E-state index in [1.807, 2.05) is 22.9 Å². The Bertz CT molecular complexity index is 791. The standard InChI is InChI=1S/C15H15N5O2/c1-3-22-15(21)12-9-18-19(2)14(12)20-6-4-5-13(20)11-7-16-10-17-8-11/h4-10H,3H2,1-2H3. The Morgan fingerprint density at radius 2 is 2.05 bits per heavy atom. The maximum absolute atomic E-state index is 12.1. The van der Waals surface area contributed by atoms with Gasteiger partial charge in [0, 0.05) is 31.2 Å². The zero-order valence-corrected chi connectivity index (χ0v) is 12.3. The molecule has 112 valence electrons. The molecule has 0 amide bonds. The Kier molecular flexibility index (Phi) is 3.69. The van der Waals surface area contributed by atoms with Crippen LogP contribution in [0.5, 0.6) is 0 Å². The molecule has 22 heavy (non-hydrogen) atoms. The van der Waals surface area contributed by atoms with Crippen LogP contribution in [-0.2, 0) is 11.8 Å². The van der Waals surface area contributed by atoms with Crippen molar-refractivity contribution in [1.29, 1.82) is 0 Å². The smallest absolute Gasteiger partial charge is 0.343 e. The lowest BCUT2D eigenvalue weighted by atomic mass is 10.2. The van der Waals surface area contributed by atoms with E-state index in [9.17, 15) is 4.79 Å². The van der Waals surface area contributed by atoms with Crippen molar-refractivity contribution in [2.75, 3.05) is 6.61 Å². The topological polar surface area (TPSA) is 74.8 Å². The van der Waals surface area contributed by atoms with Crippen LogP contribution in [0.1, 0.15) is 17.3 Å². The van der Waals surface area contributed by atoms with Gasteiger partial charge in [0.15, 0.2) is 0 Å². The predicted molar refractivity (Wildman–Crippen MR) is 79.5 cm³/mol. The molecular weight excluding hydrogens is 282 g/mol. The molecule has 3 heterocycles. The van der Waals surface area contributed by atoms with Crippen LogP contribution in [0.15, 0.2) is 43.2 Å². The van der Waals surface area contributed by atoms with Gasteiger partial charge in [0.25, 0.3) is 0 Å². The number of carbonyl (C=O) groups is 1. The minimum atomic E-state index is -0.394. The largest absolute Gasteiger partial charge is 0.462 e. The number of rotatable bonds is 4. The number of carbonyl (C=O) groups excluding carboxylic acids is 1. The van der Waals surface area contributed by atoms with Crippen molar-refractivity contribution in [2.24, 2.45) is 7.05 Å². The van der Waals surface area contributed by atoms with E-state index < -0.39 is 5.97 Å². The van der Waals surface area contributed by atoms with E-state index in [1.54, 1.807) is 31.0 Å². The van der Waals surface area contributed by atoms with E-state index in [2.05, 4.69) is 15.1 Å². The van der Waals surface area contributed by atoms with E-state index in [4.69, 9.17) is 4.74 Å². The van der Waals surface area contributed by atoms with Crippen molar-refractivity contribution in [3.63, 3.8) is 0 Å². The molecule has 0 saturated carbocycles. The molecule has 0 atom stereocenters. The van der Waals surface area contributed by atoms with E-state index in [-0.39, 0.29) is 0 Å². The summed E-state index contributed by atoms with van der Waals surface area (Å²) in [6.45, 7) is 2.09. The summed E-state index contributed by atoms with van der Waals surface area (Å²) in [7, 11) is 1.78. The van der Waals surface area contributed by atoms with E-state index in [0.717, 1.165) is 11.3 Å². The summed E-state index contributed by atoms with van der Waals surface area (Å²) in [6.07, 6.45) is 8.30. The van der Waals surface area contributed by atoms with Gasteiger partial charge in [-0.3, -0.25) is 4.68 Å². The van der Waals surface area contributed by atoms with Crippen LogP contribution < -0.4 is 0 Å². The first kappa shape index (κ1) is 14.0. The van der Waals surface area contributed by atoms with Gasteiger partial charge in [-0.2, -0.15) is 5.10 Å². The van der Waals surface area contributed by atoms with Crippen LogP contribution in [0.4, 0.5) is 0 Å². The summed E-state index contributed by atoms with van der Waals surface area (Å²) in [5.74, 6) is 0.247. The van der Waals surface area contributed by atoms with Crippen molar-refractivity contribution in [1.82, 2.24) is 24.3 Å². The lowest BCUT2D eigenvalue weighted by molar-refractivity contribution is 0.0526. The fourth-order valence-electron chi connectivity index (χ4n) is 2.30. The van der Waals surface area contributed by atoms with Crippen LogP contribution in [0, 0.1) is 0 Å². The number of aromatic nitrogens is 5. The highest BCUT2D eigenvalue weighted by Gasteiger charge is 2.20. The molecule has 3 rings (SSSR count). The summed E-state index contributed by atoms with van der Waals surface area (Å²) in [5.41, 5.74) is 2.14. The van der Waals surface area contributed by atoms with Crippen LogP contribution in [0.3, 0.4) is 0 Å². The third-order valence-electron chi connectivity index (χ3n) is 3.24. The van der Waals surface area contributed by atoms with Gasteiger partial charge < -0.3 is 9.30 Å². The SMILES string of the molecule is CCOC(=O)c1cnn(C)c1-n1cccc1-c1cncnc1. The molecule has 0 fully saturated rings. The summed E-state index contributed by atoms with van der Waals surface area (Å²) < 4.78 is 8.61. The molecule has 0 bridgehead atoms. The summed E-state index contributed by atoms with van der Waals surface area (Å²) in [5, 5.41) is 4.17. The number of ether oxygens (including phenoxy) is 1. The first-order valence-corrected chi connectivity index (χ1v) is 6.84. The second-order valence-electron chi connectivity index (χ2n) is 4.62. The highest BCUT2D eigenvalue weighted by molar-refractivity contribution is 5.93. The second kappa shape index (κ2) is 5.80. The van der Waals surface area contributed by atoms with Gasteiger partial charge in [-0.1, -0.05) is 0 Å². The van der Waals surface area contributed by atoms with Gasteiger partial charge in [0.05, 0.1) is 18.5 Å². The predicted octanol–water partition coefficient (Wildman–Crippen LogP) is 1.84. The van der Waals surface area contributed by atoms with Crippen molar-refractivity contribution in [3.05, 3.63) is 48.8 Å². The summed E-state index contributed by atoms with van der Waals surface area (Å²) >= 11 is 0. The fraction of sp³-hybridized carbons (Fsp3) is 0.200. The van der Waals surface area contributed by atoms with Crippen molar-refractivity contribution in [3.8, 4) is 17.1 Å². The maximum atomic E-state index is 12.1. The minimum Gasteiger partial charge on any atom is -0.462 e. The molecule has 7 nitrogen and oxygen atoms in total. The van der Waals surface area contributed by atoms with Crippen LogP contribution in [0.25, 0.3) is 17.1 Å². The number of hydrogen-bond donors (Lipinski definition) is 0. The molecule has 0 radical (unpaired) electrons. The molecule has 0 saturated heterocycles. The molecule has 0 spiro atoms. The molecule has 0 N–H and O–H groups in total. The summed E-state index contributed by atoms with van der Waals surface area (Å²) in [6, 6.07) is 3.82. The monoisotopic (exact) mass is 297 g/mol. The van der Waals surface area contributed by atoms with Gasteiger partial charge >= 0.3 is 5.97 Å².